The van der Waals surface area contributed by atoms with E-state index < -0.39 is 56.5 Å². The summed E-state index contributed by atoms with van der Waals surface area (Å²) in [5.41, 5.74) is -1.07. The van der Waals surface area contributed by atoms with E-state index in [2.05, 4.69) is 4.98 Å². The zero-order valence-electron chi connectivity index (χ0n) is 27.9. The van der Waals surface area contributed by atoms with Gasteiger partial charge in [0.05, 0.1) is 42.4 Å². The van der Waals surface area contributed by atoms with Crippen LogP contribution < -0.4 is 5.82 Å². The van der Waals surface area contributed by atoms with Crippen molar-refractivity contribution in [2.45, 2.75) is 93.8 Å². The van der Waals surface area contributed by atoms with Gasteiger partial charge in [-0.1, -0.05) is 29.5 Å². The number of allylic oxidation sites excluding steroid dienone is 3. The standard InChI is InChI=1S/C33H40N2O11S3/c1-20-10-11-32(31(4,40)29(38)48-19-26-22(3)44-30(39)45-26)17-27(37)35(49(32)41)21(2)28-34-23(18-47-28)8-6-7-9-24(36)25(16-20)46-33(42-5)12-14-43-15-13-33/h6-9,16,18,21,25,40H,10-15,17,19H2,1-5H3/b8-6+,9-7+,20-16+/t21-,25-,31+,32-,49?/m1/s1. The molecule has 266 valence electrons. The lowest BCUT2D eigenvalue weighted by Crippen LogP contribution is -2.60. The van der Waals surface area contributed by atoms with Crippen molar-refractivity contribution in [2.75, 3.05) is 20.3 Å². The van der Waals surface area contributed by atoms with E-state index in [4.69, 9.17) is 23.0 Å². The van der Waals surface area contributed by atoms with Gasteiger partial charge in [-0.05, 0) is 52.3 Å². The Morgan fingerprint density at radius 3 is 2.59 bits per heavy atom. The van der Waals surface area contributed by atoms with Crippen molar-refractivity contribution < 1.29 is 47.1 Å². The fraction of sp³-hybridized carbons (Fsp3) is 0.545. The number of hydrogen-bond acceptors (Lipinski definition) is 14. The van der Waals surface area contributed by atoms with Crippen LogP contribution in [0.2, 0.25) is 0 Å². The molecule has 3 aliphatic heterocycles. The minimum absolute atomic E-state index is 0.0549. The normalized spacial score (nSPS) is 29.9. The molecule has 1 unspecified atom stereocenters. The molecule has 5 atom stereocenters. The Morgan fingerprint density at radius 2 is 1.92 bits per heavy atom. The lowest BCUT2D eigenvalue weighted by atomic mass is 9.81. The molecule has 0 spiro atoms. The molecule has 16 heteroatoms. The Bertz CT molecular complexity index is 1700. The quantitative estimate of drug-likeness (QED) is 0.241. The molecule has 5 heterocycles. The van der Waals surface area contributed by atoms with Crippen LogP contribution in [0.25, 0.3) is 6.08 Å². The van der Waals surface area contributed by atoms with Crippen LogP contribution in [0.5, 0.6) is 0 Å². The fourth-order valence-corrected chi connectivity index (χ4v) is 9.95. The van der Waals surface area contributed by atoms with E-state index in [1.54, 1.807) is 43.5 Å². The number of carbonyl (C=O) groups is 3. The summed E-state index contributed by atoms with van der Waals surface area (Å²) in [7, 11) is 1.52. The number of aryl methyl sites for hydroxylation is 1. The van der Waals surface area contributed by atoms with E-state index in [0.29, 0.717) is 54.1 Å². The number of methoxy groups -OCH3 is 1. The zero-order chi connectivity index (χ0) is 35.6. The number of amides is 1. The van der Waals surface area contributed by atoms with Gasteiger partial charge in [0.25, 0.3) is 5.91 Å². The number of nitrogens with zero attached hydrogens (tertiary/aromatic N) is 2. The van der Waals surface area contributed by atoms with Gasteiger partial charge in [-0.3, -0.25) is 14.4 Å². The molecule has 2 fully saturated rings. The van der Waals surface area contributed by atoms with Crippen molar-refractivity contribution in [2.24, 2.45) is 0 Å². The number of hydrogen-bond donors (Lipinski definition) is 1. The summed E-state index contributed by atoms with van der Waals surface area (Å²) in [6.07, 6.45) is 7.54. The van der Waals surface area contributed by atoms with Crippen LogP contribution in [0.1, 0.15) is 81.1 Å². The van der Waals surface area contributed by atoms with Gasteiger partial charge < -0.3 is 32.7 Å². The lowest BCUT2D eigenvalue weighted by Gasteiger charge is -2.40. The van der Waals surface area contributed by atoms with Crippen molar-refractivity contribution in [3.8, 4) is 0 Å². The average molecular weight is 737 g/mol. The third kappa shape index (κ3) is 7.76. The molecule has 4 bridgehead atoms. The maximum absolute atomic E-state index is 14.6. The molecule has 0 aliphatic carbocycles. The third-order valence-corrected chi connectivity index (χ3v) is 13.5. The minimum Gasteiger partial charge on any atom is -0.592 e. The van der Waals surface area contributed by atoms with Crippen LogP contribution in [-0.2, 0) is 45.7 Å². The summed E-state index contributed by atoms with van der Waals surface area (Å²) < 4.78 is 41.5. The summed E-state index contributed by atoms with van der Waals surface area (Å²) >= 11 is -0.261. The second-order valence-electron chi connectivity index (χ2n) is 12.4. The Morgan fingerprint density at radius 1 is 1.20 bits per heavy atom. The van der Waals surface area contributed by atoms with Gasteiger partial charge in [-0.15, -0.1) is 11.3 Å². The molecule has 2 aromatic rings. The number of ether oxygens (including phenoxy) is 3. The highest BCUT2D eigenvalue weighted by molar-refractivity contribution is 8.13. The Kier molecular flexibility index (Phi) is 11.6. The van der Waals surface area contributed by atoms with Crippen molar-refractivity contribution in [1.82, 2.24) is 9.29 Å². The zero-order valence-corrected chi connectivity index (χ0v) is 30.4. The Labute approximate surface area is 295 Å². The number of ketones is 1. The van der Waals surface area contributed by atoms with E-state index >= 15 is 0 Å². The molecule has 2 aromatic heterocycles. The lowest BCUT2D eigenvalue weighted by molar-refractivity contribution is -0.264. The Hall–Kier alpha value is -2.83. The first kappa shape index (κ1) is 37.4. The van der Waals surface area contributed by atoms with Crippen LogP contribution in [0, 0.1) is 6.92 Å². The maximum atomic E-state index is 14.6. The fourth-order valence-electron chi connectivity index (χ4n) is 6.02. The predicted molar refractivity (Wildman–Crippen MR) is 183 cm³/mol. The van der Waals surface area contributed by atoms with Crippen molar-refractivity contribution in [3.63, 3.8) is 0 Å². The first-order valence-corrected chi connectivity index (χ1v) is 18.7. The minimum atomic E-state index is -2.29. The van der Waals surface area contributed by atoms with Crippen molar-refractivity contribution in [3.05, 3.63) is 68.1 Å². The highest BCUT2D eigenvalue weighted by Crippen LogP contribution is 2.50. The first-order chi connectivity index (χ1) is 23.2. The number of rotatable bonds is 7. The molecule has 0 aromatic carbocycles. The number of fused-ring (bicyclic) bond motifs is 4. The third-order valence-electron chi connectivity index (χ3n) is 9.15. The second-order valence-corrected chi connectivity index (χ2v) is 15.9. The topological polar surface area (TPSA) is 182 Å². The number of thioether (sulfide) groups is 1. The van der Waals surface area contributed by atoms with Crippen LogP contribution in [0.3, 0.4) is 0 Å². The van der Waals surface area contributed by atoms with Crippen molar-refractivity contribution >= 4 is 57.3 Å². The van der Waals surface area contributed by atoms with Gasteiger partial charge >= 0.3 is 5.82 Å². The number of aromatic nitrogens is 1. The molecule has 13 nitrogen and oxygen atoms in total. The van der Waals surface area contributed by atoms with Crippen LogP contribution >= 0.6 is 23.1 Å². The molecule has 2 saturated heterocycles. The predicted octanol–water partition coefficient (Wildman–Crippen LogP) is 4.32. The summed E-state index contributed by atoms with van der Waals surface area (Å²) in [5.74, 6) is -2.62. The smallest absolute Gasteiger partial charge is 0.519 e. The summed E-state index contributed by atoms with van der Waals surface area (Å²) in [5, 5.41) is 13.6. The number of thiazole rings is 1. The van der Waals surface area contributed by atoms with Gasteiger partial charge in [0.1, 0.15) is 22.9 Å². The monoisotopic (exact) mass is 736 g/mol. The SMILES string of the molecule is COC1(O[C@@H]2/C=C(\C)CC[C@]3([C@@](C)(O)C(=O)SCc4oc(=O)oc4C)CC(=O)N([C@H](C)c4nc(cs4)/C=C/C=C/C2=O)[S+]3[O-])CCOCC1. The molecular formula is C33H40N2O11S3. The molecule has 5 rings (SSSR count). The van der Waals surface area contributed by atoms with Crippen molar-refractivity contribution in [1.29, 1.82) is 0 Å². The van der Waals surface area contributed by atoms with E-state index in [1.807, 2.05) is 0 Å². The first-order valence-electron chi connectivity index (χ1n) is 15.8. The van der Waals surface area contributed by atoms with E-state index in [9.17, 15) is 28.8 Å². The van der Waals surface area contributed by atoms with E-state index in [-0.39, 0.29) is 42.3 Å². The average Bonchev–Trinajstić information content (AvgIpc) is 3.75. The molecule has 49 heavy (non-hydrogen) atoms. The van der Waals surface area contributed by atoms with Gasteiger partial charge in [0.15, 0.2) is 27.7 Å². The van der Waals surface area contributed by atoms with E-state index in [0.717, 1.165) is 0 Å². The molecular weight excluding hydrogens is 697 g/mol. The molecule has 0 saturated carbocycles. The molecule has 1 N–H and O–H groups in total. The summed E-state index contributed by atoms with van der Waals surface area (Å²) in [4.78, 5) is 57.2. The summed E-state index contributed by atoms with van der Waals surface area (Å²) in [6, 6.07) is -0.726. The number of aliphatic hydroxyl groups is 1. The van der Waals surface area contributed by atoms with Gasteiger partial charge in [0, 0.05) is 31.8 Å². The van der Waals surface area contributed by atoms with Crippen LogP contribution in [0.4, 0.5) is 0 Å². The molecule has 3 aliphatic rings. The van der Waals surface area contributed by atoms with Crippen LogP contribution in [-0.4, -0.2) is 78.3 Å². The highest BCUT2D eigenvalue weighted by atomic mass is 32.2. The van der Waals surface area contributed by atoms with Gasteiger partial charge in [-0.25, -0.2) is 9.78 Å². The largest absolute Gasteiger partial charge is 0.592 e. The van der Waals surface area contributed by atoms with Crippen LogP contribution in [0.15, 0.2) is 48.9 Å². The highest BCUT2D eigenvalue weighted by Gasteiger charge is 2.69. The molecule has 0 radical (unpaired) electrons. The second kappa shape index (κ2) is 15.2. The maximum Gasteiger partial charge on any atom is 0.519 e. The molecule has 1 amide bonds. The van der Waals surface area contributed by atoms with Gasteiger partial charge in [-0.2, -0.15) is 4.31 Å². The van der Waals surface area contributed by atoms with E-state index in [1.165, 1.54) is 42.7 Å². The van der Waals surface area contributed by atoms with Gasteiger partial charge in [0.2, 0.25) is 5.12 Å². The number of carbonyl (C=O) groups excluding carboxylic acids is 3. The summed E-state index contributed by atoms with van der Waals surface area (Å²) in [6.45, 7) is 7.05. The Balaban J connectivity index is 1.53.